The number of aromatic nitrogens is 2. The summed E-state index contributed by atoms with van der Waals surface area (Å²) < 4.78 is 17.0. The Labute approximate surface area is 165 Å². The summed E-state index contributed by atoms with van der Waals surface area (Å²) in [6.45, 7) is 1.43. The Kier molecular flexibility index (Phi) is 5.36. The van der Waals surface area contributed by atoms with Crippen molar-refractivity contribution in [3.63, 3.8) is 0 Å². The van der Waals surface area contributed by atoms with Gasteiger partial charge in [-0.05, 0) is 31.0 Å². The van der Waals surface area contributed by atoms with Gasteiger partial charge in [-0.2, -0.15) is 0 Å². The summed E-state index contributed by atoms with van der Waals surface area (Å²) >= 11 is 1.22. The highest BCUT2D eigenvalue weighted by molar-refractivity contribution is 8.00. The van der Waals surface area contributed by atoms with E-state index in [0.717, 1.165) is 12.8 Å². The third-order valence-corrected chi connectivity index (χ3v) is 6.12. The molecule has 9 heteroatoms. The fourth-order valence-electron chi connectivity index (χ4n) is 3.40. The van der Waals surface area contributed by atoms with Crippen LogP contribution in [0.3, 0.4) is 0 Å². The van der Waals surface area contributed by atoms with Crippen molar-refractivity contribution in [3.05, 3.63) is 34.1 Å². The number of fused-ring (bicyclic) bond motifs is 1. The molecule has 0 amide bonds. The van der Waals surface area contributed by atoms with E-state index in [1.807, 2.05) is 0 Å². The molecule has 0 N–H and O–H groups in total. The van der Waals surface area contributed by atoms with Crippen LogP contribution in [0.4, 0.5) is 0 Å². The van der Waals surface area contributed by atoms with Gasteiger partial charge in [-0.3, -0.25) is 14.2 Å². The lowest BCUT2D eigenvalue weighted by molar-refractivity contribution is -0.137. The van der Waals surface area contributed by atoms with Crippen LogP contribution in [0.2, 0.25) is 0 Å². The number of rotatable bonds is 5. The minimum atomic E-state index is -0.499. The number of esters is 2. The largest absolute Gasteiger partial charge is 0.465 e. The molecule has 2 aliphatic heterocycles. The van der Waals surface area contributed by atoms with Gasteiger partial charge >= 0.3 is 11.9 Å². The summed E-state index contributed by atoms with van der Waals surface area (Å²) in [5.74, 6) is -0.799. The zero-order chi connectivity index (χ0) is 19.7. The van der Waals surface area contributed by atoms with E-state index < -0.39 is 11.2 Å². The predicted octanol–water partition coefficient (Wildman–Crippen LogP) is 1.77. The van der Waals surface area contributed by atoms with Gasteiger partial charge in [0.15, 0.2) is 5.16 Å². The first-order chi connectivity index (χ1) is 13.6. The Balaban J connectivity index is 1.79. The second kappa shape index (κ2) is 7.92. The molecule has 1 aromatic heterocycles. The second-order valence-corrected chi connectivity index (χ2v) is 7.90. The van der Waals surface area contributed by atoms with Crippen molar-refractivity contribution in [3.8, 4) is 0 Å². The van der Waals surface area contributed by atoms with Crippen molar-refractivity contribution in [2.75, 3.05) is 20.3 Å². The van der Waals surface area contributed by atoms with Crippen LogP contribution in [0.5, 0.6) is 0 Å². The molecular weight excluding hydrogens is 384 g/mol. The van der Waals surface area contributed by atoms with E-state index in [4.69, 9.17) is 14.2 Å². The van der Waals surface area contributed by atoms with Crippen LogP contribution >= 0.6 is 11.8 Å². The quantitative estimate of drug-likeness (QED) is 0.549. The smallest absolute Gasteiger partial charge is 0.337 e. The number of cyclic esters (lactones) is 1. The summed E-state index contributed by atoms with van der Waals surface area (Å²) in [5, 5.41) is 0.437. The number of carbonyl (C=O) groups is 2. The molecule has 3 heterocycles. The SMILES string of the molecule is COC(=O)c1ccc2c(=O)n(C[C@@H]3CCCO3)c(S[C@H]3CCOC3=O)nc2c1. The van der Waals surface area contributed by atoms with Crippen molar-refractivity contribution in [1.82, 2.24) is 9.55 Å². The lowest BCUT2D eigenvalue weighted by atomic mass is 10.1. The molecular formula is C19H20N2O6S. The van der Waals surface area contributed by atoms with E-state index in [-0.39, 0.29) is 17.6 Å². The van der Waals surface area contributed by atoms with E-state index in [0.29, 0.717) is 47.8 Å². The Morgan fingerprint density at radius 3 is 2.86 bits per heavy atom. The number of thioether (sulfide) groups is 1. The number of ether oxygens (including phenoxy) is 3. The number of methoxy groups -OCH3 is 1. The van der Waals surface area contributed by atoms with Crippen LogP contribution in [0.1, 0.15) is 29.6 Å². The summed E-state index contributed by atoms with van der Waals surface area (Å²) in [4.78, 5) is 41.5. The van der Waals surface area contributed by atoms with Gasteiger partial charge in [-0.15, -0.1) is 0 Å². The maximum atomic E-state index is 13.2. The van der Waals surface area contributed by atoms with E-state index in [1.165, 1.54) is 24.9 Å². The predicted molar refractivity (Wildman–Crippen MR) is 102 cm³/mol. The minimum absolute atomic E-state index is 0.0545. The summed E-state index contributed by atoms with van der Waals surface area (Å²) in [6.07, 6.45) is 2.35. The molecule has 2 aromatic rings. The maximum Gasteiger partial charge on any atom is 0.337 e. The van der Waals surface area contributed by atoms with Crippen molar-refractivity contribution in [2.24, 2.45) is 0 Å². The van der Waals surface area contributed by atoms with Crippen LogP contribution in [0, 0.1) is 0 Å². The average molecular weight is 404 g/mol. The Morgan fingerprint density at radius 2 is 2.18 bits per heavy atom. The van der Waals surface area contributed by atoms with Crippen molar-refractivity contribution in [2.45, 2.75) is 42.3 Å². The zero-order valence-electron chi connectivity index (χ0n) is 15.4. The third kappa shape index (κ3) is 3.64. The molecule has 2 aliphatic rings. The van der Waals surface area contributed by atoms with Gasteiger partial charge in [-0.1, -0.05) is 11.8 Å². The first-order valence-corrected chi connectivity index (χ1v) is 10.0. The summed E-state index contributed by atoms with van der Waals surface area (Å²) in [6, 6.07) is 4.67. The van der Waals surface area contributed by atoms with Gasteiger partial charge in [0, 0.05) is 13.0 Å². The van der Waals surface area contributed by atoms with Crippen molar-refractivity contribution < 1.29 is 23.8 Å². The molecule has 148 valence electrons. The lowest BCUT2D eigenvalue weighted by Crippen LogP contribution is -2.29. The highest BCUT2D eigenvalue weighted by atomic mass is 32.2. The molecule has 2 fully saturated rings. The normalized spacial score (nSPS) is 21.8. The highest BCUT2D eigenvalue weighted by Crippen LogP contribution is 2.29. The van der Waals surface area contributed by atoms with Gasteiger partial charge in [0.1, 0.15) is 5.25 Å². The highest BCUT2D eigenvalue weighted by Gasteiger charge is 2.30. The molecule has 0 unspecified atom stereocenters. The molecule has 0 saturated carbocycles. The Bertz CT molecular complexity index is 982. The molecule has 0 radical (unpaired) electrons. The monoisotopic (exact) mass is 404 g/mol. The standard InChI is InChI=1S/C19H20N2O6S/c1-25-17(23)11-4-5-13-14(9-11)20-19(28-15-6-8-27-18(15)24)21(16(13)22)10-12-3-2-7-26-12/h4-5,9,12,15H,2-3,6-8,10H2,1H3/t12-,15-/m0/s1. The minimum Gasteiger partial charge on any atom is -0.465 e. The molecule has 2 atom stereocenters. The number of hydrogen-bond donors (Lipinski definition) is 0. The molecule has 0 aliphatic carbocycles. The molecule has 4 rings (SSSR count). The van der Waals surface area contributed by atoms with Gasteiger partial charge in [0.25, 0.3) is 5.56 Å². The molecule has 8 nitrogen and oxygen atoms in total. The number of hydrogen-bond acceptors (Lipinski definition) is 8. The zero-order valence-corrected chi connectivity index (χ0v) is 16.2. The molecule has 0 bridgehead atoms. The van der Waals surface area contributed by atoms with Crippen LogP contribution in [0.15, 0.2) is 28.2 Å². The van der Waals surface area contributed by atoms with Gasteiger partial charge in [0.2, 0.25) is 0 Å². The second-order valence-electron chi connectivity index (χ2n) is 6.73. The lowest BCUT2D eigenvalue weighted by Gasteiger charge is -2.17. The van der Waals surface area contributed by atoms with Crippen molar-refractivity contribution in [1.29, 1.82) is 0 Å². The number of carbonyl (C=O) groups excluding carboxylic acids is 2. The van der Waals surface area contributed by atoms with E-state index in [9.17, 15) is 14.4 Å². The van der Waals surface area contributed by atoms with E-state index in [1.54, 1.807) is 16.7 Å². The van der Waals surface area contributed by atoms with Crippen LogP contribution < -0.4 is 5.56 Å². The van der Waals surface area contributed by atoms with E-state index >= 15 is 0 Å². The average Bonchev–Trinajstić information content (AvgIpc) is 3.36. The van der Waals surface area contributed by atoms with Gasteiger partial charge in [0.05, 0.1) is 42.8 Å². The maximum absolute atomic E-state index is 13.2. The van der Waals surface area contributed by atoms with Gasteiger partial charge in [-0.25, -0.2) is 9.78 Å². The number of benzene rings is 1. The van der Waals surface area contributed by atoms with Crippen LogP contribution in [0.25, 0.3) is 10.9 Å². The number of nitrogens with zero attached hydrogens (tertiary/aromatic N) is 2. The van der Waals surface area contributed by atoms with Crippen molar-refractivity contribution >= 4 is 34.6 Å². The third-order valence-electron chi connectivity index (χ3n) is 4.89. The summed E-state index contributed by atoms with van der Waals surface area (Å²) in [7, 11) is 1.30. The molecule has 1 aromatic carbocycles. The first kappa shape index (κ1) is 18.9. The fraction of sp³-hybridized carbons (Fsp3) is 0.474. The Morgan fingerprint density at radius 1 is 1.32 bits per heavy atom. The van der Waals surface area contributed by atoms with Gasteiger partial charge < -0.3 is 14.2 Å². The molecule has 28 heavy (non-hydrogen) atoms. The molecule has 2 saturated heterocycles. The van der Waals surface area contributed by atoms with E-state index in [2.05, 4.69) is 4.98 Å². The van der Waals surface area contributed by atoms with Crippen LogP contribution in [-0.4, -0.2) is 53.2 Å². The first-order valence-electron chi connectivity index (χ1n) is 9.14. The van der Waals surface area contributed by atoms with Crippen LogP contribution in [-0.2, 0) is 25.5 Å². The molecule has 0 spiro atoms. The summed E-state index contributed by atoms with van der Waals surface area (Å²) in [5.41, 5.74) is 0.492. The Hall–Kier alpha value is -2.39. The fourth-order valence-corrected chi connectivity index (χ4v) is 4.47. The topological polar surface area (TPSA) is 96.7 Å².